The Balaban J connectivity index is 2.31. The molecule has 0 aliphatic carbocycles. The molecule has 3 aromatic rings. The van der Waals surface area contributed by atoms with E-state index >= 15 is 0 Å². The van der Waals surface area contributed by atoms with Crippen LogP contribution < -0.4 is 0 Å². The van der Waals surface area contributed by atoms with Gasteiger partial charge in [-0.2, -0.15) is 0 Å². The fourth-order valence-corrected chi connectivity index (χ4v) is 3.05. The minimum Gasteiger partial charge on any atom is -0.341 e. The number of fused-ring (bicyclic) bond motifs is 3. The topological polar surface area (TPSA) is 48.1 Å². The molecule has 2 aromatic carbocycles. The summed E-state index contributed by atoms with van der Waals surface area (Å²) >= 11 is 3.51. The third kappa shape index (κ3) is 2.45. The van der Waals surface area contributed by atoms with Crippen molar-refractivity contribution in [3.8, 4) is 0 Å². The second-order valence-electron chi connectivity index (χ2n) is 4.78. The number of rotatable bonds is 3. The van der Waals surface area contributed by atoms with Crippen molar-refractivity contribution < 1.29 is 4.92 Å². The Labute approximate surface area is 130 Å². The second kappa shape index (κ2) is 5.33. The van der Waals surface area contributed by atoms with Crippen LogP contribution >= 0.6 is 15.9 Å². The molecule has 3 rings (SSSR count). The fraction of sp³-hybridized carbons (Fsp3) is 0.125. The summed E-state index contributed by atoms with van der Waals surface area (Å²) in [6, 6.07) is 12.1. The van der Waals surface area contributed by atoms with Crippen LogP contribution in [0.15, 0.2) is 47.1 Å². The molecule has 0 radical (unpaired) electrons. The zero-order valence-electron chi connectivity index (χ0n) is 11.4. The van der Waals surface area contributed by atoms with Gasteiger partial charge in [0.2, 0.25) is 6.20 Å². The fourth-order valence-electron chi connectivity index (χ4n) is 2.69. The van der Waals surface area contributed by atoms with Gasteiger partial charge in [-0.15, -0.1) is 0 Å². The molecule has 0 amide bonds. The monoisotopic (exact) mass is 344 g/mol. The van der Waals surface area contributed by atoms with E-state index in [0.717, 1.165) is 39.1 Å². The number of halogens is 1. The van der Waals surface area contributed by atoms with Crippen LogP contribution in [0.4, 0.5) is 0 Å². The van der Waals surface area contributed by atoms with Gasteiger partial charge in [-0.05, 0) is 42.8 Å². The van der Waals surface area contributed by atoms with Gasteiger partial charge in [0, 0.05) is 38.9 Å². The first kappa shape index (κ1) is 13.8. The Bertz CT molecular complexity index is 881. The SMILES string of the molecule is CCn1c2ccc(Br)cc2c2cc(/C=C/[N+](=O)[O-])ccc21. The summed E-state index contributed by atoms with van der Waals surface area (Å²) in [6.07, 6.45) is 2.49. The summed E-state index contributed by atoms with van der Waals surface area (Å²) in [7, 11) is 0. The predicted molar refractivity (Wildman–Crippen MR) is 88.8 cm³/mol. The first-order chi connectivity index (χ1) is 10.1. The van der Waals surface area contributed by atoms with Gasteiger partial charge in [-0.1, -0.05) is 22.0 Å². The molecule has 0 spiro atoms. The zero-order chi connectivity index (χ0) is 15.0. The van der Waals surface area contributed by atoms with Crippen LogP contribution in [0.5, 0.6) is 0 Å². The number of aromatic nitrogens is 1. The van der Waals surface area contributed by atoms with E-state index in [0.29, 0.717) is 0 Å². The summed E-state index contributed by atoms with van der Waals surface area (Å²) in [5, 5.41) is 12.7. The van der Waals surface area contributed by atoms with Crippen LogP contribution in [-0.4, -0.2) is 9.49 Å². The Morgan fingerprint density at radius 3 is 2.52 bits per heavy atom. The molecule has 1 heterocycles. The van der Waals surface area contributed by atoms with Crippen LogP contribution in [0, 0.1) is 10.1 Å². The molecule has 21 heavy (non-hydrogen) atoms. The minimum absolute atomic E-state index is 0.448. The van der Waals surface area contributed by atoms with Crippen molar-refractivity contribution >= 4 is 43.8 Å². The highest BCUT2D eigenvalue weighted by Crippen LogP contribution is 2.32. The highest BCUT2D eigenvalue weighted by Gasteiger charge is 2.10. The second-order valence-corrected chi connectivity index (χ2v) is 5.70. The quantitative estimate of drug-likeness (QED) is 0.504. The van der Waals surface area contributed by atoms with Crippen molar-refractivity contribution in [1.82, 2.24) is 4.57 Å². The Morgan fingerprint density at radius 2 is 1.86 bits per heavy atom. The van der Waals surface area contributed by atoms with Gasteiger partial charge in [-0.3, -0.25) is 10.1 Å². The molecule has 0 saturated heterocycles. The van der Waals surface area contributed by atoms with Crippen LogP contribution in [0.3, 0.4) is 0 Å². The van der Waals surface area contributed by atoms with Crippen LogP contribution in [0.1, 0.15) is 12.5 Å². The van der Waals surface area contributed by atoms with Crippen LogP contribution in [0.25, 0.3) is 27.9 Å². The van der Waals surface area contributed by atoms with E-state index in [2.05, 4.69) is 39.6 Å². The van der Waals surface area contributed by atoms with Crippen molar-refractivity contribution in [2.75, 3.05) is 0 Å². The molecule has 1 aromatic heterocycles. The maximum Gasteiger partial charge on any atom is 0.235 e. The molecule has 0 bridgehead atoms. The van der Waals surface area contributed by atoms with Gasteiger partial charge in [0.25, 0.3) is 0 Å². The average Bonchev–Trinajstić information content (AvgIpc) is 2.77. The maximum absolute atomic E-state index is 10.5. The summed E-state index contributed by atoms with van der Waals surface area (Å²) in [5.74, 6) is 0. The summed E-state index contributed by atoms with van der Waals surface area (Å²) in [4.78, 5) is 10.0. The maximum atomic E-state index is 10.5. The molecule has 0 fully saturated rings. The molecule has 0 atom stereocenters. The van der Waals surface area contributed by atoms with Crippen molar-refractivity contribution in [3.05, 3.63) is 62.7 Å². The number of hydrogen-bond donors (Lipinski definition) is 0. The molecule has 0 unspecified atom stereocenters. The van der Waals surface area contributed by atoms with Crippen molar-refractivity contribution in [3.63, 3.8) is 0 Å². The van der Waals surface area contributed by atoms with E-state index in [1.54, 1.807) is 0 Å². The third-order valence-corrected chi connectivity index (χ3v) is 4.05. The average molecular weight is 345 g/mol. The minimum atomic E-state index is -0.448. The standard InChI is InChI=1S/C16H13BrN2O2/c1-2-18-15-5-3-11(7-8-19(20)21)9-13(15)14-10-12(17)4-6-16(14)18/h3-10H,2H2,1H3/b8-7+. The molecule has 5 heteroatoms. The van der Waals surface area contributed by atoms with Gasteiger partial charge in [0.15, 0.2) is 0 Å². The first-order valence-electron chi connectivity index (χ1n) is 6.63. The normalized spacial score (nSPS) is 11.7. The Hall–Kier alpha value is -2.14. The van der Waals surface area contributed by atoms with Gasteiger partial charge >= 0.3 is 0 Å². The largest absolute Gasteiger partial charge is 0.341 e. The summed E-state index contributed by atoms with van der Waals surface area (Å²) < 4.78 is 3.27. The number of nitro groups is 1. The van der Waals surface area contributed by atoms with E-state index < -0.39 is 4.92 Å². The van der Waals surface area contributed by atoms with Crippen LogP contribution in [0.2, 0.25) is 0 Å². The molecule has 4 nitrogen and oxygen atoms in total. The number of benzene rings is 2. The molecular formula is C16H13BrN2O2. The van der Waals surface area contributed by atoms with Gasteiger partial charge in [-0.25, -0.2) is 0 Å². The lowest BCUT2D eigenvalue weighted by atomic mass is 10.1. The smallest absolute Gasteiger partial charge is 0.235 e. The van der Waals surface area contributed by atoms with Crippen molar-refractivity contribution in [1.29, 1.82) is 0 Å². The van der Waals surface area contributed by atoms with E-state index in [4.69, 9.17) is 0 Å². The highest BCUT2D eigenvalue weighted by molar-refractivity contribution is 9.10. The first-order valence-corrected chi connectivity index (χ1v) is 7.42. The number of nitrogens with zero attached hydrogens (tertiary/aromatic N) is 2. The van der Waals surface area contributed by atoms with E-state index in [9.17, 15) is 10.1 Å². The lowest BCUT2D eigenvalue weighted by Gasteiger charge is -2.02. The highest BCUT2D eigenvalue weighted by atomic mass is 79.9. The molecule has 0 saturated carbocycles. The number of hydrogen-bond acceptors (Lipinski definition) is 2. The predicted octanol–water partition coefficient (Wildman–Crippen LogP) is 4.82. The van der Waals surface area contributed by atoms with Gasteiger partial charge < -0.3 is 4.57 Å². The van der Waals surface area contributed by atoms with Gasteiger partial charge in [0.05, 0.1) is 4.92 Å². The van der Waals surface area contributed by atoms with E-state index in [1.165, 1.54) is 11.6 Å². The number of aryl methyl sites for hydroxylation is 1. The lowest BCUT2D eigenvalue weighted by Crippen LogP contribution is -1.92. The Morgan fingerprint density at radius 1 is 1.19 bits per heavy atom. The molecule has 106 valence electrons. The van der Waals surface area contributed by atoms with Crippen LogP contribution in [-0.2, 0) is 6.54 Å². The van der Waals surface area contributed by atoms with E-state index in [1.807, 2.05) is 24.3 Å². The van der Waals surface area contributed by atoms with E-state index in [-0.39, 0.29) is 0 Å². The van der Waals surface area contributed by atoms with Gasteiger partial charge in [0.1, 0.15) is 0 Å². The van der Waals surface area contributed by atoms with Crippen molar-refractivity contribution in [2.24, 2.45) is 0 Å². The third-order valence-electron chi connectivity index (χ3n) is 3.56. The van der Waals surface area contributed by atoms with Crippen molar-refractivity contribution in [2.45, 2.75) is 13.5 Å². The molecule has 0 aliphatic rings. The summed E-state index contributed by atoms with van der Waals surface area (Å²) in [6.45, 7) is 2.99. The molecule has 0 N–H and O–H groups in total. The zero-order valence-corrected chi connectivity index (χ0v) is 13.0. The molecule has 0 aliphatic heterocycles. The lowest BCUT2D eigenvalue weighted by molar-refractivity contribution is -0.400. The summed E-state index contributed by atoms with van der Waals surface area (Å²) in [5.41, 5.74) is 3.14. The Kier molecular flexibility index (Phi) is 3.51. The molecular weight excluding hydrogens is 332 g/mol.